The summed E-state index contributed by atoms with van der Waals surface area (Å²) in [4.78, 5) is 0. The van der Waals surface area contributed by atoms with Gasteiger partial charge in [0.2, 0.25) is 0 Å². The van der Waals surface area contributed by atoms with Gasteiger partial charge in [0.15, 0.2) is 0 Å². The van der Waals surface area contributed by atoms with Crippen LogP contribution in [-0.4, -0.2) is 113 Å². The van der Waals surface area contributed by atoms with Gasteiger partial charge in [0.05, 0.1) is 8.95 Å². The third-order valence-corrected chi connectivity index (χ3v) is 7.65. The quantitative estimate of drug-likeness (QED) is 0.333. The monoisotopic (exact) mass is 618 g/mol. The summed E-state index contributed by atoms with van der Waals surface area (Å²) >= 11 is 13.9. The van der Waals surface area contributed by atoms with E-state index in [-0.39, 0.29) is 120 Å². The van der Waals surface area contributed by atoms with Crippen LogP contribution >= 0.6 is 63.7 Å². The number of hydrogen-bond acceptors (Lipinski definition) is 2. The first-order valence-electron chi connectivity index (χ1n) is 6.02. The number of phenolic OH excluding ortho intramolecular Hbond substituents is 2. The molecule has 23 heavy (non-hydrogen) atoms. The molecule has 0 amide bonds. The van der Waals surface area contributed by atoms with Crippen molar-refractivity contribution in [2.24, 2.45) is 0 Å². The van der Waals surface area contributed by atoms with E-state index in [4.69, 9.17) is 0 Å². The minimum absolute atomic E-state index is 0. The van der Waals surface area contributed by atoms with Gasteiger partial charge in [-0.2, -0.15) is 0 Å². The Labute approximate surface area is 254 Å². The molecule has 0 fully saturated rings. The average molecular weight is 622 g/mol. The van der Waals surface area contributed by atoms with Crippen LogP contribution in [0.2, 0.25) is 0 Å². The minimum Gasteiger partial charge on any atom is -0.508 e. The Balaban J connectivity index is 0.00000242. The van der Waals surface area contributed by atoms with E-state index in [1.807, 2.05) is 12.1 Å². The normalized spacial score (nSPS) is 10.7. The molecule has 0 saturated carbocycles. The maximum absolute atomic E-state index is 10.1. The molecule has 0 aliphatic heterocycles. The van der Waals surface area contributed by atoms with Crippen molar-refractivity contribution in [3.05, 3.63) is 53.3 Å². The molecule has 2 rings (SSSR count). The van der Waals surface area contributed by atoms with Crippen molar-refractivity contribution in [3.8, 4) is 11.5 Å². The summed E-state index contributed by atoms with van der Waals surface area (Å²) in [5.74, 6) is 0.375. The van der Waals surface area contributed by atoms with Crippen LogP contribution in [0.3, 0.4) is 0 Å². The third kappa shape index (κ3) is 5.62. The molecule has 0 heterocycles. The molecule has 8 heteroatoms. The molecular weight excluding hydrogens is 610 g/mol. The fourth-order valence-corrected chi connectivity index (χ4v) is 5.28. The van der Waals surface area contributed by atoms with Gasteiger partial charge in [-0.05, 0) is 87.0 Å². The Hall–Kier alpha value is 3.23. The smallest absolute Gasteiger partial charge is 0.146 e. The fourth-order valence-electron chi connectivity index (χ4n) is 2.19. The van der Waals surface area contributed by atoms with Gasteiger partial charge in [-0.3, -0.25) is 0 Å². The SMILES string of the molecule is CC(C)(c1ccc(O)cc1)c1c(Br)c(Br)c(O)c(Br)c1Br.[K].[K]. The number of rotatable bonds is 2. The van der Waals surface area contributed by atoms with Gasteiger partial charge in [-0.25, -0.2) is 0 Å². The summed E-state index contributed by atoms with van der Waals surface area (Å²) in [5, 5.41) is 19.5. The standard InChI is InChI=1S/C15H12Br4O2.2K/c1-15(2,7-3-5-8(20)6-4-7)9-10(16)12(18)14(21)13(19)11(9)17;;/h3-6,20-21H,1-2H3;;. The maximum Gasteiger partial charge on any atom is 0.146 e. The number of halogens is 4. The molecule has 0 aromatic heterocycles. The first-order chi connectivity index (χ1) is 9.67. The van der Waals surface area contributed by atoms with Crippen molar-refractivity contribution in [1.29, 1.82) is 0 Å². The molecular formula is C15H12Br4K2O2. The van der Waals surface area contributed by atoms with E-state index in [9.17, 15) is 10.2 Å². The van der Waals surface area contributed by atoms with Crippen LogP contribution in [0.5, 0.6) is 11.5 Å². The van der Waals surface area contributed by atoms with E-state index in [0.29, 0.717) is 8.95 Å². The van der Waals surface area contributed by atoms with Gasteiger partial charge in [0, 0.05) is 117 Å². The number of benzene rings is 2. The molecule has 2 aromatic carbocycles. The molecule has 0 unspecified atom stereocenters. The van der Waals surface area contributed by atoms with Crippen LogP contribution in [-0.2, 0) is 5.41 Å². The molecule has 2 radical (unpaired) electrons. The predicted molar refractivity (Wildman–Crippen MR) is 111 cm³/mol. The van der Waals surface area contributed by atoms with Crippen molar-refractivity contribution in [2.45, 2.75) is 19.3 Å². The maximum atomic E-state index is 10.1. The second-order valence-electron chi connectivity index (χ2n) is 5.15. The zero-order chi connectivity index (χ0) is 15.9. The molecule has 2 N–H and O–H groups in total. The molecule has 2 nitrogen and oxygen atoms in total. The summed E-state index contributed by atoms with van der Waals surface area (Å²) in [6.07, 6.45) is 0. The van der Waals surface area contributed by atoms with Crippen molar-refractivity contribution < 1.29 is 10.2 Å². The van der Waals surface area contributed by atoms with Gasteiger partial charge in [0.1, 0.15) is 11.5 Å². The zero-order valence-corrected chi connectivity index (χ0v) is 25.8. The van der Waals surface area contributed by atoms with Crippen LogP contribution in [0.15, 0.2) is 42.2 Å². The second-order valence-corrected chi connectivity index (χ2v) is 8.32. The van der Waals surface area contributed by atoms with E-state index in [0.717, 1.165) is 20.1 Å². The van der Waals surface area contributed by atoms with Crippen molar-refractivity contribution in [1.82, 2.24) is 0 Å². The first-order valence-corrected chi connectivity index (χ1v) is 9.20. The largest absolute Gasteiger partial charge is 0.508 e. The molecule has 0 spiro atoms. The molecule has 2 aromatic rings. The summed E-state index contributed by atoms with van der Waals surface area (Å²) in [6, 6.07) is 7.12. The van der Waals surface area contributed by atoms with Gasteiger partial charge >= 0.3 is 0 Å². The molecule has 0 atom stereocenters. The Morgan fingerprint density at radius 2 is 1.13 bits per heavy atom. The summed E-state index contributed by atoms with van der Waals surface area (Å²) in [5.41, 5.74) is 1.69. The van der Waals surface area contributed by atoms with Gasteiger partial charge < -0.3 is 10.2 Å². The van der Waals surface area contributed by atoms with Crippen LogP contribution < -0.4 is 0 Å². The van der Waals surface area contributed by atoms with E-state index in [1.165, 1.54) is 0 Å². The van der Waals surface area contributed by atoms with Gasteiger partial charge in [-0.1, -0.05) is 26.0 Å². The van der Waals surface area contributed by atoms with Crippen molar-refractivity contribution in [3.63, 3.8) is 0 Å². The van der Waals surface area contributed by atoms with Crippen molar-refractivity contribution in [2.75, 3.05) is 0 Å². The van der Waals surface area contributed by atoms with Gasteiger partial charge in [-0.15, -0.1) is 0 Å². The molecule has 114 valence electrons. The van der Waals surface area contributed by atoms with E-state index in [1.54, 1.807) is 12.1 Å². The third-order valence-electron chi connectivity index (χ3n) is 3.45. The molecule has 0 saturated heterocycles. The average Bonchev–Trinajstić information content (AvgIpc) is 2.43. The Morgan fingerprint density at radius 1 is 0.739 bits per heavy atom. The Kier molecular flexibility index (Phi) is 12.2. The molecule has 0 aliphatic carbocycles. The molecule has 0 aliphatic rings. The summed E-state index contributed by atoms with van der Waals surface area (Å²) < 4.78 is 2.76. The number of phenols is 2. The van der Waals surface area contributed by atoms with Gasteiger partial charge in [0.25, 0.3) is 0 Å². The zero-order valence-electron chi connectivity index (χ0n) is 13.2. The Morgan fingerprint density at radius 3 is 1.52 bits per heavy atom. The first kappa shape index (κ1) is 26.2. The number of aromatic hydroxyl groups is 2. The summed E-state index contributed by atoms with van der Waals surface area (Å²) in [7, 11) is 0. The van der Waals surface area contributed by atoms with E-state index >= 15 is 0 Å². The second kappa shape index (κ2) is 10.7. The fraction of sp³-hybridized carbons (Fsp3) is 0.200. The van der Waals surface area contributed by atoms with Crippen LogP contribution in [0, 0.1) is 0 Å². The minimum atomic E-state index is -0.343. The van der Waals surface area contributed by atoms with Crippen LogP contribution in [0.25, 0.3) is 0 Å². The molecule has 0 bridgehead atoms. The van der Waals surface area contributed by atoms with E-state index in [2.05, 4.69) is 77.6 Å². The Bertz CT molecular complexity index is 675. The number of hydrogen-bond donors (Lipinski definition) is 2. The predicted octanol–water partition coefficient (Wildman–Crippen LogP) is 5.71. The van der Waals surface area contributed by atoms with E-state index < -0.39 is 0 Å². The van der Waals surface area contributed by atoms with Crippen molar-refractivity contribution >= 4 is 166 Å². The topological polar surface area (TPSA) is 40.5 Å². The van der Waals surface area contributed by atoms with Crippen LogP contribution in [0.4, 0.5) is 0 Å². The summed E-state index contributed by atoms with van der Waals surface area (Å²) in [6.45, 7) is 4.17. The van der Waals surface area contributed by atoms with Crippen LogP contribution in [0.1, 0.15) is 25.0 Å².